The average Bonchev–Trinajstić information content (AvgIpc) is 2.48. The lowest BCUT2D eigenvalue weighted by atomic mass is 10.2. The molecule has 0 unspecified atom stereocenters. The van der Waals surface area contributed by atoms with Gasteiger partial charge in [0.25, 0.3) is 5.56 Å². The number of benzene rings is 1. The number of nitrogens with one attached hydrogen (secondary N) is 1. The zero-order chi connectivity index (χ0) is 15.2. The summed E-state index contributed by atoms with van der Waals surface area (Å²) in [4.78, 5) is 12.2. The molecule has 0 aliphatic heterocycles. The fraction of sp³-hybridized carbons (Fsp3) is 0.333. The molecule has 0 radical (unpaired) electrons. The summed E-state index contributed by atoms with van der Waals surface area (Å²) in [5.41, 5.74) is 1.62. The second-order valence-electron chi connectivity index (χ2n) is 4.74. The van der Waals surface area contributed by atoms with Crippen LogP contribution in [0.4, 0.5) is 5.69 Å². The third-order valence-electron chi connectivity index (χ3n) is 3.08. The van der Waals surface area contributed by atoms with Crippen molar-refractivity contribution in [2.24, 2.45) is 0 Å². The van der Waals surface area contributed by atoms with Crippen molar-refractivity contribution in [1.29, 1.82) is 0 Å². The second kappa shape index (κ2) is 7.61. The topological polar surface area (TPSA) is 46.9 Å². The second-order valence-corrected chi connectivity index (χ2v) is 5.97. The molecule has 0 amide bonds. The van der Waals surface area contributed by atoms with E-state index in [-0.39, 0.29) is 5.56 Å². The van der Waals surface area contributed by atoms with Crippen LogP contribution in [0.25, 0.3) is 0 Å². The van der Waals surface area contributed by atoms with Crippen LogP contribution in [-0.4, -0.2) is 9.78 Å². The molecule has 4 nitrogen and oxygen atoms in total. The lowest BCUT2D eigenvalue weighted by Crippen LogP contribution is -2.24. The lowest BCUT2D eigenvalue weighted by Gasteiger charge is -2.10. The van der Waals surface area contributed by atoms with Crippen LogP contribution in [0.3, 0.4) is 0 Å². The van der Waals surface area contributed by atoms with Crippen LogP contribution >= 0.6 is 27.5 Å². The molecule has 1 N–H and O–H groups in total. The number of anilines is 1. The quantitative estimate of drug-likeness (QED) is 0.833. The number of rotatable bonds is 6. The van der Waals surface area contributed by atoms with Crippen LogP contribution in [-0.2, 0) is 13.1 Å². The molecule has 1 aromatic carbocycles. The van der Waals surface area contributed by atoms with Gasteiger partial charge < -0.3 is 5.32 Å². The highest BCUT2D eigenvalue weighted by molar-refractivity contribution is 9.10. The van der Waals surface area contributed by atoms with Crippen molar-refractivity contribution in [2.45, 2.75) is 32.9 Å². The molecule has 0 fully saturated rings. The van der Waals surface area contributed by atoms with E-state index < -0.39 is 0 Å². The molecule has 21 heavy (non-hydrogen) atoms. The predicted octanol–water partition coefficient (Wildman–Crippen LogP) is 4.07. The summed E-state index contributed by atoms with van der Waals surface area (Å²) in [7, 11) is 0. The number of hydrogen-bond acceptors (Lipinski definition) is 3. The van der Waals surface area contributed by atoms with Crippen LogP contribution in [0.15, 0.2) is 39.7 Å². The number of nitrogens with zero attached hydrogens (tertiary/aromatic N) is 2. The molecule has 0 aliphatic carbocycles. The first-order valence-electron chi connectivity index (χ1n) is 6.85. The maximum Gasteiger partial charge on any atom is 0.283 e. The van der Waals surface area contributed by atoms with Crippen molar-refractivity contribution in [1.82, 2.24) is 9.78 Å². The summed E-state index contributed by atoms with van der Waals surface area (Å²) >= 11 is 9.30. The normalized spacial score (nSPS) is 10.6. The Kier molecular flexibility index (Phi) is 5.82. The molecule has 0 aliphatic rings. The Labute approximate surface area is 137 Å². The van der Waals surface area contributed by atoms with Crippen molar-refractivity contribution in [3.63, 3.8) is 0 Å². The molecule has 2 rings (SSSR count). The molecule has 2 aromatic rings. The highest BCUT2D eigenvalue weighted by atomic mass is 79.9. The zero-order valence-corrected chi connectivity index (χ0v) is 14.1. The Morgan fingerprint density at radius 2 is 2.24 bits per heavy atom. The van der Waals surface area contributed by atoms with Crippen LogP contribution in [0.2, 0.25) is 5.02 Å². The smallest absolute Gasteiger partial charge is 0.283 e. The SMILES string of the molecule is CCCCn1ncc(NCc2cccc(Cl)c2)c(Br)c1=O. The van der Waals surface area contributed by atoms with Gasteiger partial charge in [0.1, 0.15) is 4.47 Å². The first-order valence-corrected chi connectivity index (χ1v) is 8.03. The lowest BCUT2D eigenvalue weighted by molar-refractivity contribution is 0.541. The zero-order valence-electron chi connectivity index (χ0n) is 11.8. The third kappa shape index (κ3) is 4.32. The van der Waals surface area contributed by atoms with Gasteiger partial charge in [0, 0.05) is 18.1 Å². The fourth-order valence-corrected chi connectivity index (χ4v) is 2.56. The van der Waals surface area contributed by atoms with Crippen molar-refractivity contribution in [2.75, 3.05) is 5.32 Å². The molecular weight excluding hydrogens is 354 g/mol. The van der Waals surface area contributed by atoms with Gasteiger partial charge in [0.2, 0.25) is 0 Å². The maximum atomic E-state index is 12.2. The number of hydrogen-bond donors (Lipinski definition) is 1. The third-order valence-corrected chi connectivity index (χ3v) is 4.08. The van der Waals surface area contributed by atoms with Gasteiger partial charge in [-0.2, -0.15) is 5.10 Å². The molecule has 0 bridgehead atoms. The molecule has 0 spiro atoms. The molecule has 1 heterocycles. The van der Waals surface area contributed by atoms with Crippen LogP contribution < -0.4 is 10.9 Å². The highest BCUT2D eigenvalue weighted by Crippen LogP contribution is 2.18. The van der Waals surface area contributed by atoms with E-state index in [0.29, 0.717) is 28.3 Å². The number of unbranched alkanes of at least 4 members (excludes halogenated alkanes) is 1. The van der Waals surface area contributed by atoms with Crippen LogP contribution in [0.1, 0.15) is 25.3 Å². The van der Waals surface area contributed by atoms with E-state index >= 15 is 0 Å². The van der Waals surface area contributed by atoms with E-state index in [1.54, 1.807) is 6.20 Å². The van der Waals surface area contributed by atoms with Gasteiger partial charge >= 0.3 is 0 Å². The van der Waals surface area contributed by atoms with Gasteiger partial charge in [0.05, 0.1) is 11.9 Å². The largest absolute Gasteiger partial charge is 0.379 e. The van der Waals surface area contributed by atoms with Gasteiger partial charge in [-0.05, 0) is 40.0 Å². The molecule has 6 heteroatoms. The van der Waals surface area contributed by atoms with Gasteiger partial charge in [-0.3, -0.25) is 4.79 Å². The molecule has 112 valence electrons. The summed E-state index contributed by atoms with van der Waals surface area (Å²) in [6.07, 6.45) is 3.64. The van der Waals surface area contributed by atoms with Gasteiger partial charge in [0.15, 0.2) is 0 Å². The van der Waals surface area contributed by atoms with E-state index in [9.17, 15) is 4.79 Å². The van der Waals surface area contributed by atoms with Crippen molar-refractivity contribution in [3.8, 4) is 0 Å². The Balaban J connectivity index is 2.10. The summed E-state index contributed by atoms with van der Waals surface area (Å²) in [6.45, 7) is 3.31. The summed E-state index contributed by atoms with van der Waals surface area (Å²) in [5.74, 6) is 0. The Bertz CT molecular complexity index is 672. The minimum Gasteiger partial charge on any atom is -0.379 e. The van der Waals surface area contributed by atoms with Crippen molar-refractivity contribution in [3.05, 3.63) is 55.9 Å². The van der Waals surface area contributed by atoms with E-state index in [4.69, 9.17) is 11.6 Å². The molecule has 0 atom stereocenters. The first kappa shape index (κ1) is 16.0. The minimum absolute atomic E-state index is 0.112. The average molecular weight is 371 g/mol. The van der Waals surface area contributed by atoms with E-state index in [0.717, 1.165) is 18.4 Å². The van der Waals surface area contributed by atoms with Crippen LogP contribution in [0, 0.1) is 0 Å². The standard InChI is InChI=1S/C15H17BrClN3O/c1-2-3-7-20-15(21)14(16)13(10-19-20)18-9-11-5-4-6-12(17)8-11/h4-6,8,10,18H,2-3,7,9H2,1H3. The molecule has 0 saturated carbocycles. The summed E-state index contributed by atoms with van der Waals surface area (Å²) < 4.78 is 1.99. The van der Waals surface area contributed by atoms with Crippen LogP contribution in [0.5, 0.6) is 0 Å². The monoisotopic (exact) mass is 369 g/mol. The Morgan fingerprint density at radius 3 is 2.95 bits per heavy atom. The number of aryl methyl sites for hydroxylation is 1. The molecule has 1 aromatic heterocycles. The highest BCUT2D eigenvalue weighted by Gasteiger charge is 2.08. The molecular formula is C15H17BrClN3O. The fourth-order valence-electron chi connectivity index (χ4n) is 1.90. The summed E-state index contributed by atoms with van der Waals surface area (Å²) in [6, 6.07) is 7.59. The van der Waals surface area contributed by atoms with E-state index in [1.807, 2.05) is 24.3 Å². The molecule has 0 saturated heterocycles. The maximum absolute atomic E-state index is 12.2. The number of aromatic nitrogens is 2. The first-order chi connectivity index (χ1) is 10.1. The minimum atomic E-state index is -0.112. The van der Waals surface area contributed by atoms with Gasteiger partial charge in [-0.1, -0.05) is 37.1 Å². The predicted molar refractivity (Wildman–Crippen MR) is 89.9 cm³/mol. The Hall–Kier alpha value is -1.33. The van der Waals surface area contributed by atoms with Gasteiger partial charge in [-0.15, -0.1) is 0 Å². The van der Waals surface area contributed by atoms with E-state index in [1.165, 1.54) is 4.68 Å². The number of halogens is 2. The van der Waals surface area contributed by atoms with E-state index in [2.05, 4.69) is 33.3 Å². The van der Waals surface area contributed by atoms with Gasteiger partial charge in [-0.25, -0.2) is 4.68 Å². The van der Waals surface area contributed by atoms with Crippen molar-refractivity contribution < 1.29 is 0 Å². The van der Waals surface area contributed by atoms with Crippen molar-refractivity contribution >= 4 is 33.2 Å². The summed E-state index contributed by atoms with van der Waals surface area (Å²) in [5, 5.41) is 8.09. The Morgan fingerprint density at radius 1 is 1.43 bits per heavy atom.